The number of para-hydroxylation sites is 2. The van der Waals surface area contributed by atoms with Crippen molar-refractivity contribution < 1.29 is 8.42 Å². The highest BCUT2D eigenvalue weighted by Gasteiger charge is 2.11. The van der Waals surface area contributed by atoms with Crippen LogP contribution in [0.5, 0.6) is 0 Å². The predicted molar refractivity (Wildman–Crippen MR) is 68.5 cm³/mol. The Bertz CT molecular complexity index is 441. The van der Waals surface area contributed by atoms with Gasteiger partial charge in [0.1, 0.15) is 0 Å². The van der Waals surface area contributed by atoms with E-state index in [0.29, 0.717) is 12.1 Å². The predicted octanol–water partition coefficient (Wildman–Crippen LogP) is 1.90. The molecule has 0 saturated heterocycles. The van der Waals surface area contributed by atoms with Crippen molar-refractivity contribution in [1.82, 2.24) is 0 Å². The minimum absolute atomic E-state index is 0.148. The van der Waals surface area contributed by atoms with Gasteiger partial charge in [0.05, 0.1) is 17.1 Å². The zero-order valence-corrected chi connectivity index (χ0v) is 10.7. The van der Waals surface area contributed by atoms with Crippen molar-refractivity contribution in [3.8, 4) is 0 Å². The molecule has 0 bridgehead atoms. The van der Waals surface area contributed by atoms with Crippen LogP contribution in [0.2, 0.25) is 0 Å². The second kappa shape index (κ2) is 5.21. The molecule has 0 aliphatic rings. The molecule has 1 N–H and O–H groups in total. The van der Waals surface area contributed by atoms with E-state index >= 15 is 0 Å². The summed E-state index contributed by atoms with van der Waals surface area (Å²) in [6.07, 6.45) is 0.611. The quantitative estimate of drug-likeness (QED) is 0.858. The molecule has 5 heteroatoms. The van der Waals surface area contributed by atoms with Crippen LogP contribution in [0.15, 0.2) is 24.3 Å². The van der Waals surface area contributed by atoms with Crippen molar-refractivity contribution in [3.63, 3.8) is 0 Å². The number of sulfonamides is 1. The number of anilines is 2. The lowest BCUT2D eigenvalue weighted by molar-refractivity contribution is 0.600. The Kier molecular flexibility index (Phi) is 4.18. The molecule has 0 unspecified atom stereocenters. The number of nitrogens with zero attached hydrogens (tertiary/aromatic N) is 1. The molecule has 0 aliphatic heterocycles. The minimum atomic E-state index is -3.22. The van der Waals surface area contributed by atoms with Crippen molar-refractivity contribution >= 4 is 21.4 Å². The van der Waals surface area contributed by atoms with Crippen molar-refractivity contribution in [2.24, 2.45) is 0 Å². The molecule has 0 spiro atoms. The fourth-order valence-corrected chi connectivity index (χ4v) is 2.58. The third-order valence-corrected chi connectivity index (χ3v) is 3.60. The zero-order chi connectivity index (χ0) is 12.2. The normalized spacial score (nSPS) is 11.2. The van der Waals surface area contributed by atoms with E-state index in [-0.39, 0.29) is 5.75 Å². The Morgan fingerprint density at radius 1 is 1.25 bits per heavy atom. The molecule has 16 heavy (non-hydrogen) atoms. The molecule has 0 aliphatic carbocycles. The van der Waals surface area contributed by atoms with Gasteiger partial charge in [0, 0.05) is 14.1 Å². The second-order valence-electron chi connectivity index (χ2n) is 3.83. The third kappa shape index (κ3) is 3.41. The Hall–Kier alpha value is -1.23. The lowest BCUT2D eigenvalue weighted by Gasteiger charge is -2.18. The van der Waals surface area contributed by atoms with Crippen molar-refractivity contribution in [3.05, 3.63) is 24.3 Å². The van der Waals surface area contributed by atoms with Gasteiger partial charge in [-0.05, 0) is 18.6 Å². The van der Waals surface area contributed by atoms with Gasteiger partial charge in [-0.15, -0.1) is 0 Å². The first-order valence-electron chi connectivity index (χ1n) is 5.23. The summed E-state index contributed by atoms with van der Waals surface area (Å²) in [6, 6.07) is 7.34. The molecule has 90 valence electrons. The summed E-state index contributed by atoms with van der Waals surface area (Å²) in [4.78, 5) is 1.88. The summed E-state index contributed by atoms with van der Waals surface area (Å²) in [6.45, 7) is 1.84. The fraction of sp³-hybridized carbons (Fsp3) is 0.455. The highest BCUT2D eigenvalue weighted by Crippen LogP contribution is 2.24. The van der Waals surface area contributed by atoms with Crippen LogP contribution in [-0.2, 0) is 10.0 Å². The molecule has 4 nitrogen and oxygen atoms in total. The molecule has 0 amide bonds. The van der Waals surface area contributed by atoms with Crippen molar-refractivity contribution in [1.29, 1.82) is 0 Å². The summed E-state index contributed by atoms with van der Waals surface area (Å²) < 4.78 is 25.9. The number of rotatable bonds is 5. The van der Waals surface area contributed by atoms with Crippen LogP contribution in [0.1, 0.15) is 13.3 Å². The molecular weight excluding hydrogens is 224 g/mol. The lowest BCUT2D eigenvalue weighted by Crippen LogP contribution is -2.19. The summed E-state index contributed by atoms with van der Waals surface area (Å²) in [5.74, 6) is 0.148. The van der Waals surface area contributed by atoms with Crippen LogP contribution in [0, 0.1) is 0 Å². The van der Waals surface area contributed by atoms with Gasteiger partial charge in [-0.3, -0.25) is 4.72 Å². The van der Waals surface area contributed by atoms with E-state index in [9.17, 15) is 8.42 Å². The molecule has 1 aromatic carbocycles. The summed E-state index contributed by atoms with van der Waals surface area (Å²) in [5.41, 5.74) is 1.49. The molecule has 1 aromatic rings. The molecule has 0 fully saturated rings. The van der Waals surface area contributed by atoms with E-state index in [1.54, 1.807) is 6.07 Å². The molecular formula is C11H18N2O2S. The number of hydrogen-bond acceptors (Lipinski definition) is 3. The number of benzene rings is 1. The van der Waals surface area contributed by atoms with Crippen molar-refractivity contribution in [2.75, 3.05) is 29.5 Å². The third-order valence-electron chi connectivity index (χ3n) is 2.12. The Labute approximate surface area is 97.3 Å². The van der Waals surface area contributed by atoms with Gasteiger partial charge in [-0.2, -0.15) is 0 Å². The minimum Gasteiger partial charge on any atom is -0.376 e. The molecule has 0 radical (unpaired) electrons. The average molecular weight is 242 g/mol. The first kappa shape index (κ1) is 12.8. The van der Waals surface area contributed by atoms with Crippen LogP contribution in [0.25, 0.3) is 0 Å². The zero-order valence-electron chi connectivity index (χ0n) is 9.90. The maximum absolute atomic E-state index is 11.6. The van der Waals surface area contributed by atoms with Gasteiger partial charge in [-0.25, -0.2) is 8.42 Å². The van der Waals surface area contributed by atoms with Gasteiger partial charge in [-0.1, -0.05) is 19.1 Å². The fourth-order valence-electron chi connectivity index (χ4n) is 1.44. The average Bonchev–Trinajstić information content (AvgIpc) is 2.17. The Morgan fingerprint density at radius 2 is 1.88 bits per heavy atom. The monoisotopic (exact) mass is 242 g/mol. The molecule has 0 aromatic heterocycles. The highest BCUT2D eigenvalue weighted by molar-refractivity contribution is 7.92. The Morgan fingerprint density at radius 3 is 2.44 bits per heavy atom. The van der Waals surface area contributed by atoms with E-state index < -0.39 is 10.0 Å². The van der Waals surface area contributed by atoms with Crippen LogP contribution in [0.4, 0.5) is 11.4 Å². The van der Waals surface area contributed by atoms with Crippen LogP contribution < -0.4 is 9.62 Å². The van der Waals surface area contributed by atoms with E-state index in [1.165, 1.54) is 0 Å². The number of nitrogens with one attached hydrogen (secondary N) is 1. The smallest absolute Gasteiger partial charge is 0.232 e. The molecule has 0 saturated carbocycles. The van der Waals surface area contributed by atoms with E-state index in [2.05, 4.69) is 4.72 Å². The maximum atomic E-state index is 11.6. The lowest BCUT2D eigenvalue weighted by atomic mass is 10.2. The summed E-state index contributed by atoms with van der Waals surface area (Å²) in [5, 5.41) is 0. The van der Waals surface area contributed by atoms with Crippen LogP contribution in [-0.4, -0.2) is 28.3 Å². The summed E-state index contributed by atoms with van der Waals surface area (Å²) in [7, 11) is 0.546. The van der Waals surface area contributed by atoms with Gasteiger partial charge >= 0.3 is 0 Å². The van der Waals surface area contributed by atoms with E-state index in [4.69, 9.17) is 0 Å². The first-order chi connectivity index (χ1) is 7.46. The topological polar surface area (TPSA) is 49.4 Å². The van der Waals surface area contributed by atoms with Gasteiger partial charge in [0.15, 0.2) is 0 Å². The van der Waals surface area contributed by atoms with Gasteiger partial charge in [0.25, 0.3) is 0 Å². The first-order valence-corrected chi connectivity index (χ1v) is 6.88. The SMILES string of the molecule is CCCS(=O)(=O)Nc1ccccc1N(C)C. The van der Waals surface area contributed by atoms with Gasteiger partial charge < -0.3 is 4.90 Å². The largest absolute Gasteiger partial charge is 0.376 e. The standard InChI is InChI=1S/C11H18N2O2S/c1-4-9-16(14,15)12-10-7-5-6-8-11(10)13(2)3/h5-8,12H,4,9H2,1-3H3. The van der Waals surface area contributed by atoms with Crippen molar-refractivity contribution in [2.45, 2.75) is 13.3 Å². The van der Waals surface area contributed by atoms with E-state index in [0.717, 1.165) is 5.69 Å². The Balaban J connectivity index is 2.97. The number of hydrogen-bond donors (Lipinski definition) is 1. The van der Waals surface area contributed by atoms with Crippen LogP contribution >= 0.6 is 0 Å². The molecule has 1 rings (SSSR count). The highest BCUT2D eigenvalue weighted by atomic mass is 32.2. The second-order valence-corrected chi connectivity index (χ2v) is 5.67. The summed E-state index contributed by atoms with van der Waals surface area (Å²) >= 11 is 0. The maximum Gasteiger partial charge on any atom is 0.232 e. The van der Waals surface area contributed by atoms with Crippen LogP contribution in [0.3, 0.4) is 0 Å². The van der Waals surface area contributed by atoms with E-state index in [1.807, 2.05) is 44.1 Å². The van der Waals surface area contributed by atoms with Gasteiger partial charge in [0.2, 0.25) is 10.0 Å². The molecule has 0 atom stereocenters. The molecule has 0 heterocycles.